The number of aromatic nitrogens is 1. The molecule has 5 nitrogen and oxygen atoms in total. The normalized spacial score (nSPS) is 34.2. The Balaban J connectivity index is 2.47. The van der Waals surface area contributed by atoms with Gasteiger partial charge in [-0.3, -0.25) is 4.98 Å². The lowest BCUT2D eigenvalue weighted by molar-refractivity contribution is -0.103. The Labute approximate surface area is 97.3 Å². The van der Waals surface area contributed by atoms with Crippen molar-refractivity contribution in [2.24, 2.45) is 0 Å². The van der Waals surface area contributed by atoms with Crippen LogP contribution in [0.4, 0.5) is 0 Å². The smallest absolute Gasteiger partial charge is 0.163 e. The van der Waals surface area contributed by atoms with E-state index < -0.39 is 24.4 Å². The molecule has 0 saturated carbocycles. The van der Waals surface area contributed by atoms with Gasteiger partial charge in [0, 0.05) is 6.20 Å². The number of ether oxygens (including phenoxy) is 1. The Morgan fingerprint density at radius 1 is 1.56 bits per heavy atom. The fraction of sp³-hybridized carbons (Fsp3) is 0.500. The Morgan fingerprint density at radius 2 is 2.31 bits per heavy atom. The van der Waals surface area contributed by atoms with Crippen LogP contribution in [0.3, 0.4) is 0 Å². The number of nitrogens with zero attached hydrogens (tertiary/aromatic N) is 1. The van der Waals surface area contributed by atoms with Crippen LogP contribution in [0, 0.1) is 0 Å². The maximum atomic E-state index is 9.85. The molecule has 1 saturated heterocycles. The van der Waals surface area contributed by atoms with Crippen LogP contribution in [0.25, 0.3) is 0 Å². The van der Waals surface area contributed by atoms with Crippen molar-refractivity contribution in [1.82, 2.24) is 4.98 Å². The topological polar surface area (TPSA) is 82.8 Å². The number of rotatable bonds is 2. The molecule has 2 rings (SSSR count). The van der Waals surface area contributed by atoms with E-state index in [1.165, 1.54) is 6.20 Å². The third-order valence-electron chi connectivity index (χ3n) is 2.75. The first-order valence-corrected chi connectivity index (χ1v) is 5.21. The predicted octanol–water partition coefficient (Wildman–Crippen LogP) is -0.325. The zero-order valence-corrected chi connectivity index (χ0v) is 9.13. The summed E-state index contributed by atoms with van der Waals surface area (Å²) >= 11 is 5.94. The minimum atomic E-state index is -1.43. The maximum absolute atomic E-state index is 9.85. The summed E-state index contributed by atoms with van der Waals surface area (Å²) in [6.07, 6.45) is -0.811. The van der Waals surface area contributed by atoms with Gasteiger partial charge in [-0.2, -0.15) is 0 Å². The van der Waals surface area contributed by atoms with Crippen molar-refractivity contribution in [2.75, 3.05) is 13.2 Å². The molecule has 16 heavy (non-hydrogen) atoms. The van der Waals surface area contributed by atoms with E-state index in [0.717, 1.165) is 0 Å². The minimum Gasteiger partial charge on any atom is -0.393 e. The molecule has 2 heterocycles. The molecule has 0 bridgehead atoms. The van der Waals surface area contributed by atoms with Gasteiger partial charge in [0.25, 0.3) is 0 Å². The molecule has 0 aromatic carbocycles. The average Bonchev–Trinajstić information content (AvgIpc) is 2.58. The summed E-state index contributed by atoms with van der Waals surface area (Å²) in [6.45, 7) is -0.559. The van der Waals surface area contributed by atoms with E-state index in [0.29, 0.717) is 0 Å². The molecule has 0 amide bonds. The van der Waals surface area contributed by atoms with Crippen molar-refractivity contribution >= 4 is 11.6 Å². The Kier molecular flexibility index (Phi) is 3.14. The van der Waals surface area contributed by atoms with Crippen molar-refractivity contribution in [3.63, 3.8) is 0 Å². The van der Waals surface area contributed by atoms with Crippen LogP contribution in [-0.2, 0) is 10.3 Å². The van der Waals surface area contributed by atoms with E-state index in [4.69, 9.17) is 16.3 Å². The van der Waals surface area contributed by atoms with Crippen LogP contribution < -0.4 is 0 Å². The molecule has 0 unspecified atom stereocenters. The molecule has 1 aromatic rings. The van der Waals surface area contributed by atoms with Gasteiger partial charge in [0.15, 0.2) is 5.60 Å². The number of halogens is 1. The van der Waals surface area contributed by atoms with Crippen LogP contribution in [0.5, 0.6) is 0 Å². The van der Waals surface area contributed by atoms with Crippen molar-refractivity contribution in [3.8, 4) is 0 Å². The minimum absolute atomic E-state index is 0.0609. The highest BCUT2D eigenvalue weighted by Gasteiger charge is 2.51. The highest BCUT2D eigenvalue weighted by molar-refractivity contribution is 6.31. The standard InChI is InChI=1S/C10H12ClNO4/c11-6-2-1-3-12-8(6)10(5-13)9(15)7(14)4-16-10/h1-3,7,9,13-15H,4-5H2/t7-,9-,10+/m0/s1. The molecule has 0 spiro atoms. The fourth-order valence-electron chi connectivity index (χ4n) is 1.84. The number of hydrogen-bond acceptors (Lipinski definition) is 5. The Morgan fingerprint density at radius 3 is 2.81 bits per heavy atom. The lowest BCUT2D eigenvalue weighted by Gasteiger charge is -2.29. The molecule has 1 aliphatic heterocycles. The highest BCUT2D eigenvalue weighted by Crippen LogP contribution is 2.38. The van der Waals surface area contributed by atoms with E-state index in [-0.39, 0.29) is 17.3 Å². The second kappa shape index (κ2) is 4.27. The first kappa shape index (κ1) is 11.8. The van der Waals surface area contributed by atoms with E-state index in [9.17, 15) is 15.3 Å². The fourth-order valence-corrected chi connectivity index (χ4v) is 2.12. The zero-order valence-electron chi connectivity index (χ0n) is 8.38. The molecule has 3 atom stereocenters. The van der Waals surface area contributed by atoms with Crippen molar-refractivity contribution < 1.29 is 20.1 Å². The van der Waals surface area contributed by atoms with Crippen LogP contribution in [-0.4, -0.2) is 45.7 Å². The molecule has 0 radical (unpaired) electrons. The highest BCUT2D eigenvalue weighted by atomic mass is 35.5. The lowest BCUT2D eigenvalue weighted by Crippen LogP contribution is -2.44. The van der Waals surface area contributed by atoms with Gasteiger partial charge in [-0.05, 0) is 12.1 Å². The van der Waals surface area contributed by atoms with Gasteiger partial charge < -0.3 is 20.1 Å². The zero-order chi connectivity index (χ0) is 11.8. The van der Waals surface area contributed by atoms with Crippen molar-refractivity contribution in [3.05, 3.63) is 29.0 Å². The van der Waals surface area contributed by atoms with Gasteiger partial charge in [0.05, 0.1) is 23.9 Å². The largest absolute Gasteiger partial charge is 0.393 e. The van der Waals surface area contributed by atoms with Crippen LogP contribution in [0.1, 0.15) is 5.69 Å². The molecule has 1 aliphatic rings. The predicted molar refractivity (Wildman–Crippen MR) is 56.0 cm³/mol. The van der Waals surface area contributed by atoms with Gasteiger partial charge >= 0.3 is 0 Å². The van der Waals surface area contributed by atoms with E-state index in [1.807, 2.05) is 0 Å². The average molecular weight is 246 g/mol. The van der Waals surface area contributed by atoms with E-state index >= 15 is 0 Å². The molecule has 3 N–H and O–H groups in total. The quantitative estimate of drug-likeness (QED) is 0.665. The monoisotopic (exact) mass is 245 g/mol. The van der Waals surface area contributed by atoms with Crippen LogP contribution >= 0.6 is 11.6 Å². The first-order chi connectivity index (χ1) is 7.62. The van der Waals surface area contributed by atoms with Gasteiger partial charge in [0.2, 0.25) is 0 Å². The van der Waals surface area contributed by atoms with Crippen LogP contribution in [0.15, 0.2) is 18.3 Å². The second-order valence-electron chi connectivity index (χ2n) is 3.70. The SMILES string of the molecule is OC[C@]1(c2ncccc2Cl)OC[C@H](O)[C@@H]1O. The van der Waals surface area contributed by atoms with Crippen molar-refractivity contribution in [2.45, 2.75) is 17.8 Å². The van der Waals surface area contributed by atoms with Gasteiger partial charge in [-0.25, -0.2) is 0 Å². The third kappa shape index (κ3) is 1.61. The van der Waals surface area contributed by atoms with Gasteiger partial charge in [0.1, 0.15) is 12.2 Å². The van der Waals surface area contributed by atoms with Gasteiger partial charge in [-0.15, -0.1) is 0 Å². The van der Waals surface area contributed by atoms with Gasteiger partial charge in [-0.1, -0.05) is 11.6 Å². The summed E-state index contributed by atoms with van der Waals surface area (Å²) in [4.78, 5) is 4.00. The Hall–Kier alpha value is -0.720. The number of hydrogen-bond donors (Lipinski definition) is 3. The number of aliphatic hydroxyl groups excluding tert-OH is 3. The maximum Gasteiger partial charge on any atom is 0.163 e. The van der Waals surface area contributed by atoms with E-state index in [2.05, 4.69) is 4.98 Å². The number of aliphatic hydroxyl groups is 3. The molecule has 0 aliphatic carbocycles. The molecule has 88 valence electrons. The summed E-state index contributed by atoms with van der Waals surface area (Å²) < 4.78 is 5.28. The summed E-state index contributed by atoms with van der Waals surface area (Å²) in [6, 6.07) is 3.22. The Bertz CT molecular complexity index is 389. The van der Waals surface area contributed by atoms with E-state index in [1.54, 1.807) is 12.1 Å². The summed E-state index contributed by atoms with van der Waals surface area (Å²) in [5.41, 5.74) is -1.19. The second-order valence-corrected chi connectivity index (χ2v) is 4.11. The number of pyridine rings is 1. The summed E-state index contributed by atoms with van der Waals surface area (Å²) in [5.74, 6) is 0. The molecular formula is C10H12ClNO4. The third-order valence-corrected chi connectivity index (χ3v) is 3.05. The summed E-state index contributed by atoms with van der Waals surface area (Å²) in [7, 11) is 0. The molecule has 1 fully saturated rings. The molecular weight excluding hydrogens is 234 g/mol. The first-order valence-electron chi connectivity index (χ1n) is 4.84. The molecule has 6 heteroatoms. The summed E-state index contributed by atoms with van der Waals surface area (Å²) in [5, 5.41) is 29.0. The van der Waals surface area contributed by atoms with Crippen LogP contribution in [0.2, 0.25) is 5.02 Å². The lowest BCUT2D eigenvalue weighted by atomic mass is 9.92. The molecule has 1 aromatic heterocycles. The van der Waals surface area contributed by atoms with Crippen molar-refractivity contribution in [1.29, 1.82) is 0 Å².